The SMILES string of the molecule is O=C(O)C1C2N=C(c3ccc(NCCO)nc3)SC21Nc1cccc(C(CO)N2CCOCC2)n1. The van der Waals surface area contributed by atoms with Gasteiger partial charge in [-0.2, -0.15) is 0 Å². The number of hydrogen-bond donors (Lipinski definition) is 5. The monoisotopic (exact) mass is 500 g/mol. The predicted octanol–water partition coefficient (Wildman–Crippen LogP) is 0.631. The van der Waals surface area contributed by atoms with Gasteiger partial charge in [0.25, 0.3) is 0 Å². The van der Waals surface area contributed by atoms with Gasteiger partial charge in [-0.3, -0.25) is 14.7 Å². The van der Waals surface area contributed by atoms with Crippen molar-refractivity contribution in [2.24, 2.45) is 10.9 Å². The summed E-state index contributed by atoms with van der Waals surface area (Å²) in [6.07, 6.45) is 1.69. The number of aromatic nitrogens is 2. The van der Waals surface area contributed by atoms with E-state index in [1.807, 2.05) is 24.3 Å². The normalized spacial score (nSPS) is 26.5. The van der Waals surface area contributed by atoms with Crippen LogP contribution in [-0.4, -0.2) is 98.2 Å². The second-order valence-corrected chi connectivity index (χ2v) is 9.86. The van der Waals surface area contributed by atoms with Crippen LogP contribution in [0.2, 0.25) is 0 Å². The predicted molar refractivity (Wildman–Crippen MR) is 132 cm³/mol. The number of aliphatic hydroxyl groups excluding tert-OH is 2. The van der Waals surface area contributed by atoms with Crippen LogP contribution in [0.1, 0.15) is 17.3 Å². The molecule has 0 aromatic carbocycles. The molecular formula is C23H28N6O5S. The van der Waals surface area contributed by atoms with E-state index in [2.05, 4.69) is 25.5 Å². The molecule has 11 nitrogen and oxygen atoms in total. The fourth-order valence-corrected chi connectivity index (χ4v) is 6.06. The molecule has 4 unspecified atom stereocenters. The lowest BCUT2D eigenvalue weighted by Crippen LogP contribution is -2.40. The first-order valence-electron chi connectivity index (χ1n) is 11.5. The smallest absolute Gasteiger partial charge is 0.312 e. The minimum Gasteiger partial charge on any atom is -0.481 e. The van der Waals surface area contributed by atoms with E-state index in [-0.39, 0.29) is 19.3 Å². The van der Waals surface area contributed by atoms with Crippen LogP contribution in [0.25, 0.3) is 0 Å². The Hall–Kier alpha value is -2.77. The molecule has 12 heteroatoms. The molecule has 0 radical (unpaired) electrons. The number of morpholine rings is 1. The van der Waals surface area contributed by atoms with Gasteiger partial charge in [0, 0.05) is 31.4 Å². The zero-order valence-corrected chi connectivity index (χ0v) is 19.8. The molecule has 5 rings (SSSR count). The largest absolute Gasteiger partial charge is 0.481 e. The zero-order valence-electron chi connectivity index (χ0n) is 19.0. The number of carboxylic acids is 1. The van der Waals surface area contributed by atoms with Crippen LogP contribution < -0.4 is 10.6 Å². The Morgan fingerprint density at radius 3 is 2.74 bits per heavy atom. The summed E-state index contributed by atoms with van der Waals surface area (Å²) in [6.45, 7) is 3.01. The fourth-order valence-electron chi connectivity index (χ4n) is 4.58. The topological polar surface area (TPSA) is 152 Å². The molecule has 35 heavy (non-hydrogen) atoms. The number of anilines is 2. The minimum absolute atomic E-state index is 0.0131. The Morgan fingerprint density at radius 2 is 2.06 bits per heavy atom. The number of carbonyl (C=O) groups is 1. The van der Waals surface area contributed by atoms with Gasteiger partial charge in [0.05, 0.1) is 38.2 Å². The molecule has 3 aliphatic rings. The van der Waals surface area contributed by atoms with Crippen molar-refractivity contribution in [1.82, 2.24) is 14.9 Å². The van der Waals surface area contributed by atoms with Crippen molar-refractivity contribution in [2.45, 2.75) is 17.0 Å². The highest BCUT2D eigenvalue weighted by molar-refractivity contribution is 8.16. The van der Waals surface area contributed by atoms with Gasteiger partial charge in [0.15, 0.2) is 0 Å². The summed E-state index contributed by atoms with van der Waals surface area (Å²) in [5.41, 5.74) is 1.52. The van der Waals surface area contributed by atoms with Gasteiger partial charge >= 0.3 is 5.97 Å². The van der Waals surface area contributed by atoms with Gasteiger partial charge in [0.2, 0.25) is 0 Å². The van der Waals surface area contributed by atoms with Crippen LogP contribution in [0, 0.1) is 5.92 Å². The molecule has 2 aromatic heterocycles. The lowest BCUT2D eigenvalue weighted by molar-refractivity contribution is -0.138. The Balaban J connectivity index is 1.33. The third kappa shape index (κ3) is 4.71. The molecule has 1 aliphatic carbocycles. The maximum Gasteiger partial charge on any atom is 0.312 e. The van der Waals surface area contributed by atoms with Gasteiger partial charge in [-0.1, -0.05) is 17.8 Å². The summed E-state index contributed by atoms with van der Waals surface area (Å²) in [5.74, 6) is -0.383. The highest BCUT2D eigenvalue weighted by atomic mass is 32.2. The summed E-state index contributed by atoms with van der Waals surface area (Å²) in [7, 11) is 0. The van der Waals surface area contributed by atoms with Crippen LogP contribution in [0.4, 0.5) is 11.6 Å². The van der Waals surface area contributed by atoms with Crippen molar-refractivity contribution in [3.8, 4) is 0 Å². The van der Waals surface area contributed by atoms with Crippen LogP contribution >= 0.6 is 11.8 Å². The molecule has 0 spiro atoms. The van der Waals surface area contributed by atoms with Crippen molar-refractivity contribution in [3.05, 3.63) is 47.8 Å². The summed E-state index contributed by atoms with van der Waals surface area (Å²) < 4.78 is 5.42. The molecule has 0 bridgehead atoms. The molecule has 2 aliphatic heterocycles. The molecule has 2 aromatic rings. The number of aliphatic imine (C=N–C) groups is 1. The van der Waals surface area contributed by atoms with E-state index >= 15 is 0 Å². The first-order chi connectivity index (χ1) is 17.1. The number of hydrogen-bond acceptors (Lipinski definition) is 11. The van der Waals surface area contributed by atoms with E-state index in [0.29, 0.717) is 44.5 Å². The molecule has 2 fully saturated rings. The van der Waals surface area contributed by atoms with E-state index in [4.69, 9.17) is 14.8 Å². The standard InChI is InChI=1S/C23H28N6O5S/c30-9-6-24-17-5-4-14(12-25-17)21-27-20-19(22(32)33)23(20,35-21)28-18-3-1-2-15(26-18)16(13-31)29-7-10-34-11-8-29/h1-5,12,16,19-20,30-31H,6-11,13H2,(H,24,25)(H,26,28)(H,32,33). The second kappa shape index (κ2) is 10.1. The van der Waals surface area contributed by atoms with Gasteiger partial charge in [0.1, 0.15) is 33.5 Å². The number of aliphatic carboxylic acids is 1. The Bertz CT molecular complexity index is 1100. The quantitative estimate of drug-likeness (QED) is 0.312. The van der Waals surface area contributed by atoms with Crippen LogP contribution in [0.3, 0.4) is 0 Å². The average molecular weight is 501 g/mol. The molecule has 1 saturated heterocycles. The highest BCUT2D eigenvalue weighted by Crippen LogP contribution is 2.61. The molecule has 5 N–H and O–H groups in total. The number of nitrogens with zero attached hydrogens (tertiary/aromatic N) is 4. The van der Waals surface area contributed by atoms with Crippen LogP contribution in [-0.2, 0) is 9.53 Å². The molecule has 1 saturated carbocycles. The van der Waals surface area contributed by atoms with Gasteiger partial charge in [-0.05, 0) is 24.3 Å². The van der Waals surface area contributed by atoms with E-state index in [1.54, 1.807) is 12.3 Å². The average Bonchev–Trinajstić information content (AvgIpc) is 3.33. The van der Waals surface area contributed by atoms with E-state index in [0.717, 1.165) is 16.3 Å². The lowest BCUT2D eigenvalue weighted by atomic mass is 10.1. The van der Waals surface area contributed by atoms with Gasteiger partial charge in [-0.15, -0.1) is 0 Å². The number of rotatable bonds is 10. The number of thioether (sulfide) groups is 1. The molecule has 0 amide bonds. The van der Waals surface area contributed by atoms with E-state index < -0.39 is 22.8 Å². The van der Waals surface area contributed by atoms with E-state index in [9.17, 15) is 15.0 Å². The summed E-state index contributed by atoms with van der Waals surface area (Å²) in [5, 5.41) is 35.9. The van der Waals surface area contributed by atoms with Crippen molar-refractivity contribution in [2.75, 3.05) is 56.7 Å². The number of pyridine rings is 2. The maximum absolute atomic E-state index is 12.0. The number of aliphatic hydroxyl groups is 2. The zero-order chi connectivity index (χ0) is 24.4. The van der Waals surface area contributed by atoms with Crippen molar-refractivity contribution < 1.29 is 24.9 Å². The molecule has 4 atom stereocenters. The maximum atomic E-state index is 12.0. The first-order valence-corrected chi connectivity index (χ1v) is 12.4. The summed E-state index contributed by atoms with van der Waals surface area (Å²) in [4.78, 5) is 27.0. The Labute approximate surface area is 206 Å². The molecule has 4 heterocycles. The van der Waals surface area contributed by atoms with Crippen LogP contribution in [0.15, 0.2) is 41.5 Å². The third-order valence-corrected chi connectivity index (χ3v) is 7.89. The Morgan fingerprint density at radius 1 is 1.23 bits per heavy atom. The van der Waals surface area contributed by atoms with Crippen molar-refractivity contribution in [3.63, 3.8) is 0 Å². The van der Waals surface area contributed by atoms with Crippen molar-refractivity contribution in [1.29, 1.82) is 0 Å². The van der Waals surface area contributed by atoms with Crippen molar-refractivity contribution >= 4 is 34.4 Å². The third-order valence-electron chi connectivity index (χ3n) is 6.42. The molecular weight excluding hydrogens is 472 g/mol. The fraction of sp³-hybridized carbons (Fsp3) is 0.478. The number of nitrogens with one attached hydrogen (secondary N) is 2. The molecule has 186 valence electrons. The number of carboxylic acid groups (broad SMARTS) is 1. The Kier molecular flexibility index (Phi) is 6.89. The van der Waals surface area contributed by atoms with Crippen LogP contribution in [0.5, 0.6) is 0 Å². The number of fused-ring (bicyclic) bond motifs is 1. The lowest BCUT2D eigenvalue weighted by Gasteiger charge is -2.33. The first kappa shape index (κ1) is 23.9. The van der Waals surface area contributed by atoms with E-state index in [1.165, 1.54) is 11.8 Å². The summed E-state index contributed by atoms with van der Waals surface area (Å²) >= 11 is 1.38. The van der Waals surface area contributed by atoms with Gasteiger partial charge in [-0.25, -0.2) is 9.97 Å². The second-order valence-electron chi connectivity index (χ2n) is 8.59. The minimum atomic E-state index is -0.905. The number of ether oxygens (including phenoxy) is 1. The van der Waals surface area contributed by atoms with Gasteiger partial charge < -0.3 is 30.7 Å². The highest BCUT2D eigenvalue weighted by Gasteiger charge is 2.74. The summed E-state index contributed by atoms with van der Waals surface area (Å²) in [6, 6.07) is 8.54.